The highest BCUT2D eigenvalue weighted by atomic mass is 16.2. The minimum absolute atomic E-state index is 0.0121. The smallest absolute Gasteiger partial charge is 0.317 e. The maximum absolute atomic E-state index is 11.7. The number of nitrogens with one attached hydrogen (secondary N) is 1. The summed E-state index contributed by atoms with van der Waals surface area (Å²) in [6.45, 7) is 7.83. The van der Waals surface area contributed by atoms with Gasteiger partial charge in [0.1, 0.15) is 0 Å². The van der Waals surface area contributed by atoms with Crippen molar-refractivity contribution in [3.63, 3.8) is 0 Å². The fourth-order valence-electron chi connectivity index (χ4n) is 1.23. The Morgan fingerprint density at radius 3 is 2.13 bits per heavy atom. The molecule has 0 aliphatic heterocycles. The van der Waals surface area contributed by atoms with E-state index in [9.17, 15) is 4.79 Å². The molecule has 0 radical (unpaired) electrons. The molecule has 4 heteroatoms. The normalized spacial score (nSPS) is 13.1. The molecule has 0 heterocycles. The number of hydrogen-bond acceptors (Lipinski definition) is 2. The number of nitrogens with zero attached hydrogens (tertiary/aromatic N) is 2. The maximum atomic E-state index is 11.7. The quantitative estimate of drug-likeness (QED) is 0.749. The topological polar surface area (TPSA) is 35.6 Å². The lowest BCUT2D eigenvalue weighted by Crippen LogP contribution is -2.49. The van der Waals surface area contributed by atoms with Gasteiger partial charge in [0.05, 0.1) is 0 Å². The lowest BCUT2D eigenvalue weighted by Gasteiger charge is -2.27. The molecule has 0 saturated heterocycles. The number of rotatable bonds is 5. The summed E-state index contributed by atoms with van der Waals surface area (Å²) in [4.78, 5) is 15.4. The third-order valence-electron chi connectivity index (χ3n) is 2.50. The fourth-order valence-corrected chi connectivity index (χ4v) is 1.23. The van der Waals surface area contributed by atoms with Crippen molar-refractivity contribution in [1.82, 2.24) is 15.1 Å². The molecule has 4 nitrogen and oxygen atoms in total. The Morgan fingerprint density at radius 1 is 1.27 bits per heavy atom. The van der Waals surface area contributed by atoms with E-state index in [1.54, 1.807) is 4.90 Å². The van der Waals surface area contributed by atoms with E-state index in [0.29, 0.717) is 5.92 Å². The highest BCUT2D eigenvalue weighted by molar-refractivity contribution is 5.74. The summed E-state index contributed by atoms with van der Waals surface area (Å²) < 4.78 is 0. The van der Waals surface area contributed by atoms with E-state index in [1.165, 1.54) is 0 Å². The Morgan fingerprint density at radius 2 is 1.80 bits per heavy atom. The van der Waals surface area contributed by atoms with E-state index in [1.807, 2.05) is 28.1 Å². The molecule has 0 fully saturated rings. The van der Waals surface area contributed by atoms with Gasteiger partial charge in [-0.1, -0.05) is 13.8 Å². The summed E-state index contributed by atoms with van der Waals surface area (Å²) in [6.07, 6.45) is 0. The van der Waals surface area contributed by atoms with Crippen molar-refractivity contribution in [2.75, 3.05) is 34.2 Å². The molecule has 0 aromatic rings. The van der Waals surface area contributed by atoms with Crippen LogP contribution in [0.2, 0.25) is 0 Å². The molecule has 1 N–H and O–H groups in total. The second kappa shape index (κ2) is 6.67. The molecule has 1 unspecified atom stereocenters. The van der Waals surface area contributed by atoms with Crippen molar-refractivity contribution < 1.29 is 4.79 Å². The van der Waals surface area contributed by atoms with Crippen LogP contribution in [0.5, 0.6) is 0 Å². The SMILES string of the molecule is CCN(C)C(=O)NC(CN(C)C)C(C)C. The van der Waals surface area contributed by atoms with Crippen molar-refractivity contribution in [2.45, 2.75) is 26.8 Å². The number of hydrogen-bond donors (Lipinski definition) is 1. The number of likely N-dealkylation sites (N-methyl/N-ethyl adjacent to an activating group) is 1. The zero-order valence-corrected chi connectivity index (χ0v) is 10.9. The zero-order valence-electron chi connectivity index (χ0n) is 10.9. The molecule has 90 valence electrons. The lowest BCUT2D eigenvalue weighted by molar-refractivity contribution is 0.196. The molecule has 0 aromatic heterocycles. The van der Waals surface area contributed by atoms with Crippen molar-refractivity contribution in [1.29, 1.82) is 0 Å². The van der Waals surface area contributed by atoms with Gasteiger partial charge in [0.15, 0.2) is 0 Å². The molecule has 0 rings (SSSR count). The highest BCUT2D eigenvalue weighted by Crippen LogP contribution is 2.03. The Bertz CT molecular complexity index is 192. The van der Waals surface area contributed by atoms with Gasteiger partial charge in [-0.2, -0.15) is 0 Å². The standard InChI is InChI=1S/C11H25N3O/c1-7-14(6)11(15)12-10(9(2)3)8-13(4)5/h9-10H,7-8H2,1-6H3,(H,12,15). The van der Waals surface area contributed by atoms with Crippen LogP contribution in [0.1, 0.15) is 20.8 Å². The predicted octanol–water partition coefficient (Wildman–Crippen LogP) is 1.23. The Balaban J connectivity index is 4.22. The predicted molar refractivity (Wildman–Crippen MR) is 64.0 cm³/mol. The van der Waals surface area contributed by atoms with Crippen molar-refractivity contribution in [2.24, 2.45) is 5.92 Å². The van der Waals surface area contributed by atoms with E-state index in [2.05, 4.69) is 24.1 Å². The van der Waals surface area contributed by atoms with Crippen molar-refractivity contribution in [3.8, 4) is 0 Å². The maximum Gasteiger partial charge on any atom is 0.317 e. The molecule has 0 aliphatic rings. The fraction of sp³-hybridized carbons (Fsp3) is 0.909. The van der Waals surface area contributed by atoms with Gasteiger partial charge >= 0.3 is 6.03 Å². The first-order chi connectivity index (χ1) is 6.88. The van der Waals surface area contributed by atoms with E-state index in [-0.39, 0.29) is 12.1 Å². The first-order valence-corrected chi connectivity index (χ1v) is 5.54. The third-order valence-corrected chi connectivity index (χ3v) is 2.50. The van der Waals surface area contributed by atoms with Gasteiger partial charge in [0.2, 0.25) is 0 Å². The van der Waals surface area contributed by atoms with Crippen molar-refractivity contribution >= 4 is 6.03 Å². The molecule has 0 aliphatic carbocycles. The molecule has 2 amide bonds. The average Bonchev–Trinajstić information content (AvgIpc) is 2.14. The summed E-state index contributed by atoms with van der Waals surface area (Å²) in [5.74, 6) is 0.446. The first kappa shape index (κ1) is 14.2. The van der Waals surface area contributed by atoms with Crippen LogP contribution < -0.4 is 5.32 Å². The average molecular weight is 215 g/mol. The van der Waals surface area contributed by atoms with Crippen LogP contribution in [0.3, 0.4) is 0 Å². The molecule has 0 aromatic carbocycles. The van der Waals surface area contributed by atoms with Gasteiger partial charge in [-0.3, -0.25) is 0 Å². The van der Waals surface area contributed by atoms with Crippen LogP contribution in [-0.2, 0) is 0 Å². The molecule has 0 bridgehead atoms. The molecular weight excluding hydrogens is 190 g/mol. The minimum Gasteiger partial charge on any atom is -0.334 e. The summed E-state index contributed by atoms with van der Waals surface area (Å²) in [6, 6.07) is 0.222. The summed E-state index contributed by atoms with van der Waals surface area (Å²) >= 11 is 0. The van der Waals surface area contributed by atoms with Gasteiger partial charge in [0.25, 0.3) is 0 Å². The number of urea groups is 1. The van der Waals surface area contributed by atoms with Crippen LogP contribution in [0.4, 0.5) is 4.79 Å². The summed E-state index contributed by atoms with van der Waals surface area (Å²) in [5.41, 5.74) is 0. The van der Waals surface area contributed by atoms with Gasteiger partial charge in [-0.05, 0) is 26.9 Å². The zero-order chi connectivity index (χ0) is 12.0. The third kappa shape index (κ3) is 5.62. The molecule has 15 heavy (non-hydrogen) atoms. The van der Waals surface area contributed by atoms with E-state index >= 15 is 0 Å². The number of amides is 2. The molecule has 1 atom stereocenters. The van der Waals surface area contributed by atoms with E-state index in [4.69, 9.17) is 0 Å². The Kier molecular flexibility index (Phi) is 6.32. The van der Waals surface area contributed by atoms with Gasteiger partial charge in [-0.25, -0.2) is 4.79 Å². The van der Waals surface area contributed by atoms with Gasteiger partial charge < -0.3 is 15.1 Å². The highest BCUT2D eigenvalue weighted by Gasteiger charge is 2.18. The second-order valence-electron chi connectivity index (χ2n) is 4.58. The summed E-state index contributed by atoms with van der Waals surface area (Å²) in [5, 5.41) is 3.04. The van der Waals surface area contributed by atoms with Crippen LogP contribution in [0.15, 0.2) is 0 Å². The number of carbonyl (C=O) groups excluding carboxylic acids is 1. The molecule has 0 spiro atoms. The minimum atomic E-state index is 0.0121. The van der Waals surface area contributed by atoms with Crippen LogP contribution in [0.25, 0.3) is 0 Å². The van der Waals surface area contributed by atoms with E-state index in [0.717, 1.165) is 13.1 Å². The molecule has 0 saturated carbocycles. The lowest BCUT2D eigenvalue weighted by atomic mass is 10.0. The largest absolute Gasteiger partial charge is 0.334 e. The van der Waals surface area contributed by atoms with Gasteiger partial charge in [0, 0.05) is 26.2 Å². The molecular formula is C11H25N3O. The van der Waals surface area contributed by atoms with Crippen LogP contribution in [0, 0.1) is 5.92 Å². The second-order valence-corrected chi connectivity index (χ2v) is 4.58. The summed E-state index contributed by atoms with van der Waals surface area (Å²) in [7, 11) is 5.85. The monoisotopic (exact) mass is 215 g/mol. The van der Waals surface area contributed by atoms with Crippen LogP contribution >= 0.6 is 0 Å². The van der Waals surface area contributed by atoms with Crippen LogP contribution in [-0.4, -0.2) is 56.1 Å². The number of carbonyl (C=O) groups is 1. The Labute approximate surface area is 93.6 Å². The first-order valence-electron chi connectivity index (χ1n) is 5.54. The van der Waals surface area contributed by atoms with Crippen molar-refractivity contribution in [3.05, 3.63) is 0 Å². The Hall–Kier alpha value is -0.770. The van der Waals surface area contributed by atoms with Gasteiger partial charge in [-0.15, -0.1) is 0 Å². The van der Waals surface area contributed by atoms with E-state index < -0.39 is 0 Å².